The first-order valence-electron chi connectivity index (χ1n) is 7.75. The Morgan fingerprint density at radius 1 is 1.38 bits per heavy atom. The number of benzene rings is 1. The van der Waals surface area contributed by atoms with Crippen molar-refractivity contribution in [2.75, 3.05) is 18.2 Å². The number of anilines is 2. The summed E-state index contributed by atoms with van der Waals surface area (Å²) in [7, 11) is 1.27. The maximum atomic E-state index is 11.3. The molecule has 0 saturated carbocycles. The molecule has 0 fully saturated rings. The van der Waals surface area contributed by atoms with E-state index in [1.807, 2.05) is 0 Å². The van der Waals surface area contributed by atoms with Gasteiger partial charge in [-0.05, 0) is 36.2 Å². The van der Waals surface area contributed by atoms with Crippen LogP contribution in [0, 0.1) is 0 Å². The lowest BCUT2D eigenvalue weighted by Crippen LogP contribution is -2.27. The predicted octanol–water partition coefficient (Wildman–Crippen LogP) is 3.39. The van der Waals surface area contributed by atoms with Gasteiger partial charge in [0.05, 0.1) is 18.8 Å². The number of amides is 2. The number of rotatable bonds is 6. The first kappa shape index (κ1) is 18.8. The van der Waals surface area contributed by atoms with Crippen LogP contribution in [-0.2, 0) is 4.74 Å². The number of hydrogen-bond acceptors (Lipinski definition) is 5. The number of carbonyl (C=O) groups is 2. The van der Waals surface area contributed by atoms with Crippen molar-refractivity contribution in [3.8, 4) is 11.1 Å². The lowest BCUT2D eigenvalue weighted by Gasteiger charge is -2.16. The van der Waals surface area contributed by atoms with E-state index < -0.39 is 18.2 Å². The van der Waals surface area contributed by atoms with Crippen LogP contribution in [0.5, 0.6) is 0 Å². The van der Waals surface area contributed by atoms with Crippen LogP contribution in [0.15, 0.2) is 49.2 Å². The zero-order valence-electron chi connectivity index (χ0n) is 14.2. The molecule has 26 heavy (non-hydrogen) atoms. The minimum atomic E-state index is -1.14. The largest absolute Gasteiger partial charge is 0.465 e. The van der Waals surface area contributed by atoms with Crippen molar-refractivity contribution >= 4 is 23.6 Å². The number of carboxylic acid groups (broad SMARTS) is 1. The number of carbonyl (C=O) groups excluding carboxylic acids is 1. The SMILES string of the molecule is C=CC[C@H](NC(=O)O)c1cc(-c2ccc(NC(=O)OC)cc2N)ccn1. The molecule has 1 heterocycles. The second-order valence-corrected chi connectivity index (χ2v) is 5.41. The van der Waals surface area contributed by atoms with E-state index in [2.05, 4.69) is 26.9 Å². The first-order chi connectivity index (χ1) is 12.4. The highest BCUT2D eigenvalue weighted by molar-refractivity contribution is 5.87. The van der Waals surface area contributed by atoms with Gasteiger partial charge in [-0.2, -0.15) is 0 Å². The van der Waals surface area contributed by atoms with Crippen LogP contribution in [-0.4, -0.2) is 29.4 Å². The van der Waals surface area contributed by atoms with Crippen LogP contribution in [0.3, 0.4) is 0 Å². The van der Waals surface area contributed by atoms with Gasteiger partial charge in [0.15, 0.2) is 0 Å². The Morgan fingerprint density at radius 2 is 2.15 bits per heavy atom. The maximum Gasteiger partial charge on any atom is 0.411 e. The molecule has 5 N–H and O–H groups in total. The Morgan fingerprint density at radius 3 is 2.77 bits per heavy atom. The van der Waals surface area contributed by atoms with Gasteiger partial charge in [-0.25, -0.2) is 9.59 Å². The topological polar surface area (TPSA) is 127 Å². The van der Waals surface area contributed by atoms with E-state index in [4.69, 9.17) is 10.8 Å². The Kier molecular flexibility index (Phi) is 6.15. The average Bonchev–Trinajstić information content (AvgIpc) is 2.61. The van der Waals surface area contributed by atoms with E-state index in [9.17, 15) is 9.59 Å². The van der Waals surface area contributed by atoms with Crippen LogP contribution in [0.4, 0.5) is 21.0 Å². The van der Waals surface area contributed by atoms with Gasteiger partial charge >= 0.3 is 12.2 Å². The van der Waals surface area contributed by atoms with E-state index in [0.717, 1.165) is 11.1 Å². The van der Waals surface area contributed by atoms with Gasteiger partial charge in [0.2, 0.25) is 0 Å². The molecule has 136 valence electrons. The van der Waals surface area contributed by atoms with Crippen molar-refractivity contribution in [2.24, 2.45) is 0 Å². The normalized spacial score (nSPS) is 11.3. The molecule has 2 rings (SSSR count). The molecule has 0 aliphatic rings. The van der Waals surface area contributed by atoms with E-state index in [-0.39, 0.29) is 0 Å². The van der Waals surface area contributed by atoms with Crippen LogP contribution >= 0.6 is 0 Å². The second-order valence-electron chi connectivity index (χ2n) is 5.41. The molecule has 8 heteroatoms. The molecule has 2 amide bonds. The number of nitrogens with zero attached hydrogens (tertiary/aromatic N) is 1. The standard InChI is InChI=1S/C18H20N4O4/c1-3-4-15(22-17(23)24)16-9-11(7-8-20-16)13-6-5-12(10-14(13)19)21-18(25)26-2/h3,5-10,15,22H,1,4,19H2,2H3,(H,21,25)(H,23,24)/t15-/m0/s1. The highest BCUT2D eigenvalue weighted by Crippen LogP contribution is 2.30. The molecule has 0 spiro atoms. The van der Waals surface area contributed by atoms with Crippen molar-refractivity contribution < 1.29 is 19.4 Å². The monoisotopic (exact) mass is 356 g/mol. The Balaban J connectivity index is 2.32. The summed E-state index contributed by atoms with van der Waals surface area (Å²) in [5, 5.41) is 13.9. The van der Waals surface area contributed by atoms with Gasteiger partial charge in [0.1, 0.15) is 0 Å². The minimum Gasteiger partial charge on any atom is -0.465 e. The summed E-state index contributed by atoms with van der Waals surface area (Å²) in [6.07, 6.45) is 1.89. The predicted molar refractivity (Wildman–Crippen MR) is 98.8 cm³/mol. The molecule has 0 saturated heterocycles. The summed E-state index contributed by atoms with van der Waals surface area (Å²) in [5.41, 5.74) is 9.11. The molecule has 8 nitrogen and oxygen atoms in total. The molecule has 1 aromatic carbocycles. The summed E-state index contributed by atoms with van der Waals surface area (Å²) in [6.45, 7) is 3.64. The molecule has 1 atom stereocenters. The van der Waals surface area contributed by atoms with E-state index in [1.165, 1.54) is 7.11 Å². The number of nitrogens with two attached hydrogens (primary N) is 1. The quantitative estimate of drug-likeness (QED) is 0.464. The van der Waals surface area contributed by atoms with Gasteiger partial charge in [-0.15, -0.1) is 6.58 Å². The molecule has 0 aliphatic carbocycles. The summed E-state index contributed by atoms with van der Waals surface area (Å²) < 4.78 is 4.54. The van der Waals surface area contributed by atoms with Gasteiger partial charge < -0.3 is 20.9 Å². The fourth-order valence-corrected chi connectivity index (χ4v) is 2.45. The van der Waals surface area contributed by atoms with Gasteiger partial charge in [-0.1, -0.05) is 12.1 Å². The number of hydrogen-bond donors (Lipinski definition) is 4. The van der Waals surface area contributed by atoms with Crippen LogP contribution < -0.4 is 16.4 Å². The smallest absolute Gasteiger partial charge is 0.411 e. The number of pyridine rings is 1. The Hall–Kier alpha value is -3.55. The second kappa shape index (κ2) is 8.52. The third-order valence-electron chi connectivity index (χ3n) is 3.63. The maximum absolute atomic E-state index is 11.3. The fraction of sp³-hybridized carbons (Fsp3) is 0.167. The van der Waals surface area contributed by atoms with Crippen LogP contribution in [0.25, 0.3) is 11.1 Å². The van der Waals surface area contributed by atoms with E-state index in [1.54, 1.807) is 42.6 Å². The van der Waals surface area contributed by atoms with E-state index in [0.29, 0.717) is 23.5 Å². The summed E-state index contributed by atoms with van der Waals surface area (Å²) >= 11 is 0. The molecular weight excluding hydrogens is 336 g/mol. The third-order valence-corrected chi connectivity index (χ3v) is 3.63. The lowest BCUT2D eigenvalue weighted by atomic mass is 10.0. The van der Waals surface area contributed by atoms with Gasteiger partial charge in [0.25, 0.3) is 0 Å². The number of ether oxygens (including phenoxy) is 1. The average molecular weight is 356 g/mol. The fourth-order valence-electron chi connectivity index (χ4n) is 2.45. The van der Waals surface area contributed by atoms with Crippen LogP contribution in [0.2, 0.25) is 0 Å². The number of nitrogen functional groups attached to an aromatic ring is 1. The van der Waals surface area contributed by atoms with Gasteiger partial charge in [-0.3, -0.25) is 10.3 Å². The highest BCUT2D eigenvalue weighted by Gasteiger charge is 2.15. The molecule has 0 bridgehead atoms. The van der Waals surface area contributed by atoms with E-state index >= 15 is 0 Å². The molecular formula is C18H20N4O4. The van der Waals surface area contributed by atoms with Crippen molar-refractivity contribution in [1.82, 2.24) is 10.3 Å². The van der Waals surface area contributed by atoms with Crippen molar-refractivity contribution in [1.29, 1.82) is 0 Å². The summed E-state index contributed by atoms with van der Waals surface area (Å²) in [5.74, 6) is 0. The number of methoxy groups -OCH3 is 1. The lowest BCUT2D eigenvalue weighted by molar-refractivity contribution is 0.186. The molecule has 0 aliphatic heterocycles. The molecule has 2 aromatic rings. The molecule has 1 aromatic heterocycles. The Bertz CT molecular complexity index is 823. The van der Waals surface area contributed by atoms with Crippen molar-refractivity contribution in [3.05, 3.63) is 54.9 Å². The highest BCUT2D eigenvalue weighted by atomic mass is 16.5. The molecule has 0 radical (unpaired) electrons. The first-order valence-corrected chi connectivity index (χ1v) is 7.75. The zero-order valence-corrected chi connectivity index (χ0v) is 14.2. The number of aromatic nitrogens is 1. The van der Waals surface area contributed by atoms with Crippen molar-refractivity contribution in [2.45, 2.75) is 12.5 Å². The summed E-state index contributed by atoms with van der Waals surface area (Å²) in [6, 6.07) is 8.10. The van der Waals surface area contributed by atoms with Gasteiger partial charge in [0, 0.05) is 23.1 Å². The number of nitrogens with one attached hydrogen (secondary N) is 2. The van der Waals surface area contributed by atoms with Crippen molar-refractivity contribution in [3.63, 3.8) is 0 Å². The molecule has 0 unspecified atom stereocenters. The van der Waals surface area contributed by atoms with Crippen LogP contribution in [0.1, 0.15) is 18.2 Å². The minimum absolute atomic E-state index is 0.403. The Labute approximate surface area is 150 Å². The third kappa shape index (κ3) is 4.73. The summed E-state index contributed by atoms with van der Waals surface area (Å²) in [4.78, 5) is 26.5. The zero-order chi connectivity index (χ0) is 19.1.